The molecule has 0 aliphatic heterocycles. The molecule has 2 aromatic heterocycles. The van der Waals surface area contributed by atoms with Gasteiger partial charge in [0.05, 0.1) is 0 Å². The monoisotopic (exact) mass is 309 g/mol. The molecule has 0 spiro atoms. The Balaban J connectivity index is 1.59. The highest BCUT2D eigenvalue weighted by Crippen LogP contribution is 2.19. The Morgan fingerprint density at radius 1 is 1.26 bits per heavy atom. The van der Waals surface area contributed by atoms with Crippen molar-refractivity contribution >= 4 is 16.7 Å². The molecule has 3 rings (SSSR count). The first kappa shape index (κ1) is 15.1. The second kappa shape index (κ2) is 7.00. The Bertz CT molecular complexity index is 779. The SMILES string of the molecule is CN(Cc1cccc2cnccc12)C(=O)CCCn1cncn1. The van der Waals surface area contributed by atoms with E-state index >= 15 is 0 Å². The van der Waals surface area contributed by atoms with Gasteiger partial charge in [-0.15, -0.1) is 0 Å². The third kappa shape index (κ3) is 3.71. The van der Waals surface area contributed by atoms with Crippen molar-refractivity contribution in [3.8, 4) is 0 Å². The lowest BCUT2D eigenvalue weighted by atomic mass is 10.1. The Labute approximate surface area is 134 Å². The molecule has 1 amide bonds. The van der Waals surface area contributed by atoms with E-state index in [1.165, 1.54) is 6.33 Å². The van der Waals surface area contributed by atoms with Crippen LogP contribution in [0, 0.1) is 0 Å². The maximum Gasteiger partial charge on any atom is 0.222 e. The summed E-state index contributed by atoms with van der Waals surface area (Å²) in [4.78, 5) is 22.1. The number of rotatable bonds is 6. The molecule has 3 aromatic rings. The van der Waals surface area contributed by atoms with E-state index in [1.807, 2.05) is 31.4 Å². The maximum absolute atomic E-state index is 12.3. The topological polar surface area (TPSA) is 63.9 Å². The van der Waals surface area contributed by atoms with Crippen LogP contribution in [0.3, 0.4) is 0 Å². The van der Waals surface area contributed by atoms with Gasteiger partial charge in [0.15, 0.2) is 0 Å². The van der Waals surface area contributed by atoms with Crippen LogP contribution in [0.15, 0.2) is 49.3 Å². The number of fused-ring (bicyclic) bond motifs is 1. The molecular weight excluding hydrogens is 290 g/mol. The van der Waals surface area contributed by atoms with Gasteiger partial charge < -0.3 is 4.90 Å². The zero-order valence-electron chi connectivity index (χ0n) is 13.1. The Kier molecular flexibility index (Phi) is 4.61. The molecule has 0 atom stereocenters. The van der Waals surface area contributed by atoms with Crippen molar-refractivity contribution < 1.29 is 4.79 Å². The summed E-state index contributed by atoms with van der Waals surface area (Å²) < 4.78 is 1.74. The molecule has 23 heavy (non-hydrogen) atoms. The van der Waals surface area contributed by atoms with Gasteiger partial charge in [0.25, 0.3) is 0 Å². The molecule has 0 fully saturated rings. The highest BCUT2D eigenvalue weighted by Gasteiger charge is 2.11. The Morgan fingerprint density at radius 2 is 2.17 bits per heavy atom. The van der Waals surface area contributed by atoms with Crippen molar-refractivity contribution in [1.29, 1.82) is 0 Å². The molecule has 0 N–H and O–H groups in total. The van der Waals surface area contributed by atoms with Gasteiger partial charge in [-0.3, -0.25) is 14.5 Å². The van der Waals surface area contributed by atoms with Crippen LogP contribution < -0.4 is 0 Å². The molecule has 0 saturated heterocycles. The average molecular weight is 309 g/mol. The van der Waals surface area contributed by atoms with Crippen molar-refractivity contribution in [2.24, 2.45) is 0 Å². The second-order valence-corrected chi connectivity index (χ2v) is 5.53. The van der Waals surface area contributed by atoms with E-state index in [0.717, 1.165) is 22.8 Å². The van der Waals surface area contributed by atoms with E-state index in [2.05, 4.69) is 21.1 Å². The summed E-state index contributed by atoms with van der Waals surface area (Å²) >= 11 is 0. The molecule has 0 saturated carbocycles. The predicted octanol–water partition coefficient (Wildman–Crippen LogP) is 2.27. The highest BCUT2D eigenvalue weighted by molar-refractivity contribution is 5.85. The standard InChI is InChI=1S/C17H19N5O/c1-21(17(23)6-3-9-22-13-19-12-20-22)11-15-5-2-4-14-10-18-8-7-16(14)15/h2,4-5,7-8,10,12-13H,3,6,9,11H2,1H3. The number of hydrogen-bond donors (Lipinski definition) is 0. The van der Waals surface area contributed by atoms with Gasteiger partial charge >= 0.3 is 0 Å². The van der Waals surface area contributed by atoms with Gasteiger partial charge in [-0.2, -0.15) is 5.10 Å². The first-order valence-corrected chi connectivity index (χ1v) is 7.62. The second-order valence-electron chi connectivity index (χ2n) is 5.53. The third-order valence-corrected chi connectivity index (χ3v) is 3.85. The summed E-state index contributed by atoms with van der Waals surface area (Å²) in [5.41, 5.74) is 1.14. The molecular formula is C17H19N5O. The van der Waals surface area contributed by atoms with Crippen molar-refractivity contribution in [3.63, 3.8) is 0 Å². The van der Waals surface area contributed by atoms with Crippen molar-refractivity contribution in [3.05, 3.63) is 54.9 Å². The molecule has 6 nitrogen and oxygen atoms in total. The van der Waals surface area contributed by atoms with Crippen molar-refractivity contribution in [2.45, 2.75) is 25.9 Å². The van der Waals surface area contributed by atoms with Gasteiger partial charge in [-0.05, 0) is 23.4 Å². The Hall–Kier alpha value is -2.76. The number of amides is 1. The van der Waals surface area contributed by atoms with E-state index in [9.17, 15) is 4.79 Å². The minimum Gasteiger partial charge on any atom is -0.341 e. The fraction of sp³-hybridized carbons (Fsp3) is 0.294. The summed E-state index contributed by atoms with van der Waals surface area (Å²) in [5.74, 6) is 0.135. The third-order valence-electron chi connectivity index (χ3n) is 3.85. The van der Waals surface area contributed by atoms with Crippen LogP contribution in [0.4, 0.5) is 0 Å². The molecule has 1 aromatic carbocycles. The van der Waals surface area contributed by atoms with E-state index in [4.69, 9.17) is 0 Å². The highest BCUT2D eigenvalue weighted by atomic mass is 16.2. The molecule has 0 radical (unpaired) electrons. The average Bonchev–Trinajstić information content (AvgIpc) is 3.08. The minimum atomic E-state index is 0.135. The number of aryl methyl sites for hydroxylation is 1. The number of pyridine rings is 1. The number of benzene rings is 1. The molecule has 6 heteroatoms. The van der Waals surface area contributed by atoms with Crippen molar-refractivity contribution in [1.82, 2.24) is 24.6 Å². The van der Waals surface area contributed by atoms with Gasteiger partial charge in [-0.1, -0.05) is 18.2 Å². The van der Waals surface area contributed by atoms with E-state index in [0.29, 0.717) is 19.5 Å². The fourth-order valence-corrected chi connectivity index (χ4v) is 2.60. The zero-order chi connectivity index (χ0) is 16.1. The van der Waals surface area contributed by atoms with Gasteiger partial charge in [0.2, 0.25) is 5.91 Å². The van der Waals surface area contributed by atoms with Crippen LogP contribution >= 0.6 is 0 Å². The lowest BCUT2D eigenvalue weighted by Crippen LogP contribution is -2.26. The number of nitrogens with zero attached hydrogens (tertiary/aromatic N) is 5. The quantitative estimate of drug-likeness (QED) is 0.700. The maximum atomic E-state index is 12.3. The predicted molar refractivity (Wildman–Crippen MR) is 87.5 cm³/mol. The van der Waals surface area contributed by atoms with E-state index < -0.39 is 0 Å². The van der Waals surface area contributed by atoms with Gasteiger partial charge in [0.1, 0.15) is 12.7 Å². The van der Waals surface area contributed by atoms with Crippen LogP contribution in [-0.2, 0) is 17.9 Å². The zero-order valence-corrected chi connectivity index (χ0v) is 13.1. The molecule has 0 aliphatic rings. The molecule has 0 bridgehead atoms. The van der Waals surface area contributed by atoms with Gasteiger partial charge in [-0.25, -0.2) is 4.98 Å². The van der Waals surface area contributed by atoms with Crippen LogP contribution in [-0.4, -0.2) is 37.6 Å². The molecule has 2 heterocycles. The first-order valence-electron chi connectivity index (χ1n) is 7.62. The number of carbonyl (C=O) groups is 1. The molecule has 0 aliphatic carbocycles. The normalized spacial score (nSPS) is 10.8. The summed E-state index contributed by atoms with van der Waals surface area (Å²) in [7, 11) is 1.85. The fourth-order valence-electron chi connectivity index (χ4n) is 2.60. The summed E-state index contributed by atoms with van der Waals surface area (Å²) in [6, 6.07) is 8.09. The minimum absolute atomic E-state index is 0.135. The van der Waals surface area contributed by atoms with Crippen LogP contribution in [0.2, 0.25) is 0 Å². The first-order chi connectivity index (χ1) is 11.2. The molecule has 0 unspecified atom stereocenters. The van der Waals surface area contributed by atoms with Crippen LogP contribution in [0.1, 0.15) is 18.4 Å². The summed E-state index contributed by atoms with van der Waals surface area (Å²) in [5, 5.41) is 6.27. The number of aromatic nitrogens is 4. The number of hydrogen-bond acceptors (Lipinski definition) is 4. The van der Waals surface area contributed by atoms with E-state index in [1.54, 1.807) is 22.1 Å². The summed E-state index contributed by atoms with van der Waals surface area (Å²) in [6.07, 6.45) is 8.06. The van der Waals surface area contributed by atoms with Crippen LogP contribution in [0.5, 0.6) is 0 Å². The lowest BCUT2D eigenvalue weighted by Gasteiger charge is -2.18. The van der Waals surface area contributed by atoms with Crippen LogP contribution in [0.25, 0.3) is 10.8 Å². The Morgan fingerprint density at radius 3 is 3.00 bits per heavy atom. The number of carbonyl (C=O) groups excluding carboxylic acids is 1. The molecule has 118 valence electrons. The lowest BCUT2D eigenvalue weighted by molar-refractivity contribution is -0.130. The summed E-state index contributed by atoms with van der Waals surface area (Å²) in [6.45, 7) is 1.31. The van der Waals surface area contributed by atoms with Crippen molar-refractivity contribution in [2.75, 3.05) is 7.05 Å². The van der Waals surface area contributed by atoms with E-state index in [-0.39, 0.29) is 5.91 Å². The smallest absolute Gasteiger partial charge is 0.222 e. The largest absolute Gasteiger partial charge is 0.341 e. The van der Waals surface area contributed by atoms with Gasteiger partial charge in [0, 0.05) is 44.3 Å².